The Labute approximate surface area is 152 Å². The minimum Gasteiger partial charge on any atom is -0.481 e. The average molecular weight is 368 g/mol. The van der Waals surface area contributed by atoms with Crippen molar-refractivity contribution < 1.29 is 23.5 Å². The molecule has 0 spiro atoms. The van der Waals surface area contributed by atoms with Gasteiger partial charge in [0.05, 0.1) is 0 Å². The zero-order valence-electron chi connectivity index (χ0n) is 14.7. The fourth-order valence-electron chi connectivity index (χ4n) is 3.20. The van der Waals surface area contributed by atoms with E-state index in [9.17, 15) is 18.4 Å². The maximum atomic E-state index is 13.2. The number of carbonyl (C=O) groups excluding carboxylic acids is 1. The van der Waals surface area contributed by atoms with Crippen LogP contribution in [0.15, 0.2) is 30.3 Å². The Morgan fingerprint density at radius 1 is 1.19 bits per heavy atom. The molecule has 1 aromatic carbocycles. The third-order valence-corrected chi connectivity index (χ3v) is 4.75. The summed E-state index contributed by atoms with van der Waals surface area (Å²) >= 11 is 0. The van der Waals surface area contributed by atoms with Crippen molar-refractivity contribution in [3.05, 3.63) is 35.9 Å². The van der Waals surface area contributed by atoms with Crippen LogP contribution >= 0.6 is 0 Å². The first kappa shape index (κ1) is 20.1. The zero-order valence-corrected chi connectivity index (χ0v) is 14.7. The van der Waals surface area contributed by atoms with Gasteiger partial charge >= 0.3 is 12.0 Å². The van der Waals surface area contributed by atoms with Crippen molar-refractivity contribution in [1.82, 2.24) is 10.6 Å². The lowest BCUT2D eigenvalue weighted by molar-refractivity contribution is -0.137. The summed E-state index contributed by atoms with van der Waals surface area (Å²) in [5.41, 5.74) is 1.01. The largest absolute Gasteiger partial charge is 0.481 e. The fraction of sp³-hybridized carbons (Fsp3) is 0.579. The summed E-state index contributed by atoms with van der Waals surface area (Å²) in [6, 6.07) is 8.84. The van der Waals surface area contributed by atoms with Gasteiger partial charge in [0.1, 0.15) is 0 Å². The number of halogens is 2. The van der Waals surface area contributed by atoms with Crippen molar-refractivity contribution in [2.45, 2.75) is 56.9 Å². The lowest BCUT2D eigenvalue weighted by Gasteiger charge is -2.28. The number of aliphatic carboxylic acids is 1. The molecule has 2 rings (SSSR count). The number of hydrogen-bond donors (Lipinski definition) is 3. The lowest BCUT2D eigenvalue weighted by atomic mass is 9.87. The Hall–Kier alpha value is -2.18. The second-order valence-corrected chi connectivity index (χ2v) is 6.97. The van der Waals surface area contributed by atoms with Crippen molar-refractivity contribution in [3.8, 4) is 0 Å². The van der Waals surface area contributed by atoms with Crippen molar-refractivity contribution in [3.63, 3.8) is 0 Å². The van der Waals surface area contributed by atoms with Gasteiger partial charge in [0, 0.05) is 31.8 Å². The molecule has 1 aromatic rings. The number of nitrogens with one attached hydrogen (secondary N) is 2. The van der Waals surface area contributed by atoms with Crippen LogP contribution in [0, 0.1) is 5.92 Å². The van der Waals surface area contributed by atoms with E-state index in [0.717, 1.165) is 5.56 Å². The van der Waals surface area contributed by atoms with E-state index in [2.05, 4.69) is 10.6 Å². The molecule has 2 amide bonds. The zero-order chi connectivity index (χ0) is 19.0. The van der Waals surface area contributed by atoms with Crippen molar-refractivity contribution in [2.75, 3.05) is 6.54 Å². The summed E-state index contributed by atoms with van der Waals surface area (Å²) in [6.07, 6.45) is 1.38. The number of carboxylic acid groups (broad SMARTS) is 1. The Morgan fingerprint density at radius 3 is 2.46 bits per heavy atom. The highest BCUT2D eigenvalue weighted by Gasteiger charge is 2.34. The number of alkyl halides is 2. The molecule has 1 saturated carbocycles. The molecular formula is C19H26F2N2O3. The van der Waals surface area contributed by atoms with Crippen LogP contribution in [-0.2, 0) is 11.2 Å². The number of hydrogen-bond acceptors (Lipinski definition) is 2. The molecule has 0 radical (unpaired) electrons. The molecule has 1 atom stereocenters. The number of urea groups is 1. The molecule has 144 valence electrons. The minimum atomic E-state index is -2.57. The predicted octanol–water partition coefficient (Wildman–Crippen LogP) is 3.59. The van der Waals surface area contributed by atoms with Crippen LogP contribution in [-0.4, -0.2) is 35.6 Å². The summed E-state index contributed by atoms with van der Waals surface area (Å²) < 4.78 is 26.3. The Balaban J connectivity index is 1.80. The third kappa shape index (κ3) is 7.37. The smallest absolute Gasteiger partial charge is 0.315 e. The maximum Gasteiger partial charge on any atom is 0.315 e. The SMILES string of the molecule is O=C(O)CCC(Cc1ccccc1)NC(=O)NCC1CCC(F)(F)CC1. The highest BCUT2D eigenvalue weighted by atomic mass is 19.3. The van der Waals surface area contributed by atoms with Gasteiger partial charge in [-0.1, -0.05) is 30.3 Å². The monoisotopic (exact) mass is 368 g/mol. The maximum absolute atomic E-state index is 13.2. The minimum absolute atomic E-state index is 0.0323. The molecule has 0 aliphatic heterocycles. The van der Waals surface area contributed by atoms with Crippen LogP contribution in [0.5, 0.6) is 0 Å². The molecule has 1 aliphatic carbocycles. The molecule has 1 aliphatic rings. The number of carboxylic acids is 1. The number of benzene rings is 1. The van der Waals surface area contributed by atoms with Crippen molar-refractivity contribution in [2.24, 2.45) is 5.92 Å². The summed E-state index contributed by atoms with van der Waals surface area (Å²) in [5, 5.41) is 14.4. The van der Waals surface area contributed by atoms with Crippen LogP contribution in [0.2, 0.25) is 0 Å². The van der Waals surface area contributed by atoms with Gasteiger partial charge in [-0.2, -0.15) is 0 Å². The van der Waals surface area contributed by atoms with Crippen molar-refractivity contribution in [1.29, 1.82) is 0 Å². The fourth-order valence-corrected chi connectivity index (χ4v) is 3.20. The van der Waals surface area contributed by atoms with Gasteiger partial charge in [0.25, 0.3) is 0 Å². The van der Waals surface area contributed by atoms with E-state index in [0.29, 0.717) is 32.2 Å². The normalized spacial score (nSPS) is 18.1. The third-order valence-electron chi connectivity index (χ3n) is 4.75. The first-order chi connectivity index (χ1) is 12.3. The van der Waals surface area contributed by atoms with Gasteiger partial charge in [-0.25, -0.2) is 13.6 Å². The molecule has 3 N–H and O–H groups in total. The Kier molecular flexibility index (Phi) is 7.36. The van der Waals surface area contributed by atoms with Crippen LogP contribution in [0.3, 0.4) is 0 Å². The van der Waals surface area contributed by atoms with Crippen LogP contribution in [0.1, 0.15) is 44.1 Å². The topological polar surface area (TPSA) is 78.4 Å². The highest BCUT2D eigenvalue weighted by molar-refractivity contribution is 5.74. The van der Waals surface area contributed by atoms with E-state index < -0.39 is 11.9 Å². The van der Waals surface area contributed by atoms with E-state index in [1.54, 1.807) is 0 Å². The Bertz CT molecular complexity index is 586. The van der Waals surface area contributed by atoms with Gasteiger partial charge in [-0.15, -0.1) is 0 Å². The second kappa shape index (κ2) is 9.50. The molecule has 7 heteroatoms. The molecule has 26 heavy (non-hydrogen) atoms. The van der Waals surface area contributed by atoms with Crippen LogP contribution in [0.4, 0.5) is 13.6 Å². The van der Waals surface area contributed by atoms with Crippen LogP contribution in [0.25, 0.3) is 0 Å². The first-order valence-electron chi connectivity index (χ1n) is 9.02. The molecule has 0 bridgehead atoms. The van der Waals surface area contributed by atoms with E-state index in [4.69, 9.17) is 5.11 Å². The molecule has 0 aromatic heterocycles. The molecule has 0 saturated heterocycles. The molecule has 1 fully saturated rings. The molecule has 5 nitrogen and oxygen atoms in total. The van der Waals surface area contributed by atoms with E-state index in [-0.39, 0.29) is 37.3 Å². The summed E-state index contributed by atoms with van der Waals surface area (Å²) in [5.74, 6) is -3.42. The Morgan fingerprint density at radius 2 is 1.85 bits per heavy atom. The second-order valence-electron chi connectivity index (χ2n) is 6.97. The summed E-state index contributed by atoms with van der Waals surface area (Å²) in [6.45, 7) is 0.360. The molecule has 1 unspecified atom stereocenters. The van der Waals surface area contributed by atoms with E-state index in [1.165, 1.54) is 0 Å². The lowest BCUT2D eigenvalue weighted by Crippen LogP contribution is -2.45. The van der Waals surface area contributed by atoms with E-state index in [1.807, 2.05) is 30.3 Å². The first-order valence-corrected chi connectivity index (χ1v) is 9.02. The number of amides is 2. The van der Waals surface area contributed by atoms with E-state index >= 15 is 0 Å². The standard InChI is InChI=1S/C19H26F2N2O3/c20-19(21)10-8-15(9-11-19)13-22-18(26)23-16(6-7-17(24)25)12-14-4-2-1-3-5-14/h1-5,15-16H,6-13H2,(H,24,25)(H2,22,23,26). The quantitative estimate of drug-likeness (QED) is 0.656. The number of carbonyl (C=O) groups is 2. The van der Waals surface area contributed by atoms with Crippen molar-refractivity contribution >= 4 is 12.0 Å². The van der Waals surface area contributed by atoms with Gasteiger partial charge in [-0.05, 0) is 37.2 Å². The van der Waals surface area contributed by atoms with Gasteiger partial charge < -0.3 is 15.7 Å². The van der Waals surface area contributed by atoms with Gasteiger partial charge in [0.2, 0.25) is 5.92 Å². The van der Waals surface area contributed by atoms with Gasteiger partial charge in [-0.3, -0.25) is 4.79 Å². The summed E-state index contributed by atoms with van der Waals surface area (Å²) in [7, 11) is 0. The molecular weight excluding hydrogens is 342 g/mol. The predicted molar refractivity (Wildman–Crippen MR) is 94.2 cm³/mol. The van der Waals surface area contributed by atoms with Crippen LogP contribution < -0.4 is 10.6 Å². The number of rotatable bonds is 8. The average Bonchev–Trinajstić information content (AvgIpc) is 2.59. The summed E-state index contributed by atoms with van der Waals surface area (Å²) in [4.78, 5) is 23.0. The highest BCUT2D eigenvalue weighted by Crippen LogP contribution is 2.35. The molecule has 0 heterocycles. The van der Waals surface area contributed by atoms with Gasteiger partial charge in [0.15, 0.2) is 0 Å².